The van der Waals surface area contributed by atoms with Crippen LogP contribution in [-0.4, -0.2) is 77.8 Å². The van der Waals surface area contributed by atoms with Crippen LogP contribution in [-0.2, 0) is 27.9 Å². The third-order valence-corrected chi connectivity index (χ3v) is 5.99. The summed E-state index contributed by atoms with van der Waals surface area (Å²) in [6, 6.07) is 6.43. The first-order valence-corrected chi connectivity index (χ1v) is 10.5. The molecule has 1 atom stereocenters. The van der Waals surface area contributed by atoms with Crippen molar-refractivity contribution in [1.29, 1.82) is 0 Å². The van der Waals surface area contributed by atoms with Crippen LogP contribution in [0, 0.1) is 5.82 Å². The van der Waals surface area contributed by atoms with Gasteiger partial charge in [0.05, 0.1) is 18.7 Å². The van der Waals surface area contributed by atoms with E-state index in [9.17, 15) is 14.0 Å². The first-order valence-electron chi connectivity index (χ1n) is 10.5. The second-order valence-corrected chi connectivity index (χ2v) is 8.07. The predicted octanol–water partition coefficient (Wildman–Crippen LogP) is 1.37. The quantitative estimate of drug-likeness (QED) is 0.718. The summed E-state index contributed by atoms with van der Waals surface area (Å²) < 4.78 is 19.9. The Hall–Kier alpha value is -2.94. The summed E-state index contributed by atoms with van der Waals surface area (Å²) in [5.41, 5.74) is 2.64. The first-order chi connectivity index (χ1) is 15.0. The fourth-order valence-corrected chi connectivity index (χ4v) is 4.34. The lowest BCUT2D eigenvalue weighted by atomic mass is 9.94. The Labute approximate surface area is 181 Å². The van der Waals surface area contributed by atoms with Crippen molar-refractivity contribution in [2.24, 2.45) is 7.05 Å². The molecule has 2 amide bonds. The number of halogens is 1. The second kappa shape index (κ2) is 9.05. The molecule has 31 heavy (non-hydrogen) atoms. The average Bonchev–Trinajstić information content (AvgIpc) is 3.17. The zero-order valence-electron chi connectivity index (χ0n) is 18.0. The first kappa shape index (κ1) is 21.3. The lowest BCUT2D eigenvalue weighted by Gasteiger charge is -2.39. The molecule has 2 aromatic rings. The molecular formula is C22H28FN5O3. The largest absolute Gasteiger partial charge is 0.384 e. The number of piperazine rings is 1. The summed E-state index contributed by atoms with van der Waals surface area (Å²) in [6.07, 6.45) is 2.18. The van der Waals surface area contributed by atoms with Crippen LogP contribution < -0.4 is 4.90 Å². The highest BCUT2D eigenvalue weighted by Gasteiger charge is 2.37. The van der Waals surface area contributed by atoms with Crippen molar-refractivity contribution in [2.45, 2.75) is 18.9 Å². The van der Waals surface area contributed by atoms with Crippen molar-refractivity contribution in [2.75, 3.05) is 51.3 Å². The number of carbonyl (C=O) groups is 2. The number of rotatable bonds is 5. The maximum absolute atomic E-state index is 13.4. The van der Waals surface area contributed by atoms with E-state index < -0.39 is 5.92 Å². The van der Waals surface area contributed by atoms with E-state index in [4.69, 9.17) is 4.74 Å². The van der Waals surface area contributed by atoms with Gasteiger partial charge in [0.2, 0.25) is 11.8 Å². The fourth-order valence-electron chi connectivity index (χ4n) is 4.34. The summed E-state index contributed by atoms with van der Waals surface area (Å²) in [6.45, 7) is 3.67. The van der Waals surface area contributed by atoms with Crippen LogP contribution >= 0.6 is 0 Å². The van der Waals surface area contributed by atoms with Gasteiger partial charge in [-0.05, 0) is 24.3 Å². The van der Waals surface area contributed by atoms with E-state index in [1.165, 1.54) is 12.1 Å². The number of amides is 2. The summed E-state index contributed by atoms with van der Waals surface area (Å²) in [4.78, 5) is 31.8. The number of carbonyl (C=O) groups excluding carboxylic acids is 2. The van der Waals surface area contributed by atoms with Gasteiger partial charge < -0.3 is 19.4 Å². The maximum Gasteiger partial charge on any atom is 0.233 e. The Bertz CT molecular complexity index is 937. The number of aryl methyl sites for hydroxylation is 1. The Morgan fingerprint density at radius 1 is 1.13 bits per heavy atom. The van der Waals surface area contributed by atoms with Gasteiger partial charge in [0, 0.05) is 70.9 Å². The number of aromatic nitrogens is 2. The van der Waals surface area contributed by atoms with Crippen molar-refractivity contribution in [1.82, 2.24) is 19.6 Å². The van der Waals surface area contributed by atoms with Crippen LogP contribution in [0.3, 0.4) is 0 Å². The zero-order valence-corrected chi connectivity index (χ0v) is 18.0. The van der Waals surface area contributed by atoms with E-state index in [2.05, 4.69) is 10.00 Å². The van der Waals surface area contributed by atoms with Gasteiger partial charge in [0.25, 0.3) is 0 Å². The van der Waals surface area contributed by atoms with Crippen LogP contribution in [0.25, 0.3) is 0 Å². The van der Waals surface area contributed by atoms with E-state index in [-0.39, 0.29) is 17.6 Å². The van der Waals surface area contributed by atoms with Gasteiger partial charge in [-0.1, -0.05) is 0 Å². The van der Waals surface area contributed by atoms with Crippen LogP contribution in [0.5, 0.6) is 0 Å². The third-order valence-electron chi connectivity index (χ3n) is 5.99. The van der Waals surface area contributed by atoms with Gasteiger partial charge >= 0.3 is 0 Å². The lowest BCUT2D eigenvalue weighted by Crippen LogP contribution is -2.52. The number of fused-ring (bicyclic) bond motifs is 1. The van der Waals surface area contributed by atoms with Gasteiger partial charge in [-0.2, -0.15) is 5.10 Å². The van der Waals surface area contributed by atoms with E-state index in [0.717, 1.165) is 16.9 Å². The molecule has 0 radical (unpaired) electrons. The molecule has 3 heterocycles. The van der Waals surface area contributed by atoms with Crippen molar-refractivity contribution < 1.29 is 18.7 Å². The number of benzene rings is 1. The number of ether oxygens (including phenoxy) is 1. The molecule has 4 rings (SSSR count). The second-order valence-electron chi connectivity index (χ2n) is 8.07. The minimum atomic E-state index is -0.464. The molecule has 1 fully saturated rings. The van der Waals surface area contributed by atoms with Gasteiger partial charge in [-0.25, -0.2) is 4.39 Å². The van der Waals surface area contributed by atoms with Crippen molar-refractivity contribution in [3.63, 3.8) is 0 Å². The maximum atomic E-state index is 13.4. The van der Waals surface area contributed by atoms with Gasteiger partial charge in [0.1, 0.15) is 11.7 Å². The fraction of sp³-hybridized carbons (Fsp3) is 0.500. The summed E-state index contributed by atoms with van der Waals surface area (Å²) >= 11 is 0. The Morgan fingerprint density at radius 2 is 1.84 bits per heavy atom. The van der Waals surface area contributed by atoms with Crippen LogP contribution in [0.1, 0.15) is 23.6 Å². The third kappa shape index (κ3) is 4.56. The Balaban J connectivity index is 1.45. The number of nitrogens with zero attached hydrogens (tertiary/aromatic N) is 5. The molecular weight excluding hydrogens is 401 g/mol. The topological polar surface area (TPSA) is 70.9 Å². The molecule has 0 N–H and O–H groups in total. The van der Waals surface area contributed by atoms with E-state index in [0.29, 0.717) is 52.3 Å². The van der Waals surface area contributed by atoms with Crippen molar-refractivity contribution >= 4 is 17.5 Å². The Kier molecular flexibility index (Phi) is 6.22. The molecule has 1 unspecified atom stereocenters. The highest BCUT2D eigenvalue weighted by Crippen LogP contribution is 2.30. The minimum absolute atomic E-state index is 0.00273. The van der Waals surface area contributed by atoms with Crippen LogP contribution in [0.15, 0.2) is 30.5 Å². The number of anilines is 1. The summed E-state index contributed by atoms with van der Waals surface area (Å²) in [5.74, 6) is -0.738. The molecule has 2 aliphatic rings. The smallest absolute Gasteiger partial charge is 0.233 e. The highest BCUT2D eigenvalue weighted by molar-refractivity contribution is 5.86. The number of hydrogen-bond donors (Lipinski definition) is 0. The summed E-state index contributed by atoms with van der Waals surface area (Å²) in [5, 5.41) is 4.54. The standard InChI is InChI=1S/C22H28FN5O3/c1-25-13-16-14-28(20(29)7-12-31-2)15-19(21(16)24-25)22(30)27-10-8-26(9-11-27)18-5-3-17(23)4-6-18/h3-6,13,19H,7-12,14-15H2,1-2H3. The molecule has 0 spiro atoms. The van der Waals surface area contributed by atoms with Crippen molar-refractivity contribution in [3.05, 3.63) is 47.5 Å². The SMILES string of the molecule is COCCC(=O)N1Cc2cn(C)nc2C(C(=O)N2CCN(c3ccc(F)cc3)CC2)C1. The summed E-state index contributed by atoms with van der Waals surface area (Å²) in [7, 11) is 3.40. The van der Waals surface area contributed by atoms with Crippen LogP contribution in [0.4, 0.5) is 10.1 Å². The molecule has 2 aliphatic heterocycles. The molecule has 1 aromatic carbocycles. The average molecular weight is 429 g/mol. The lowest BCUT2D eigenvalue weighted by molar-refractivity contribution is -0.137. The molecule has 1 saturated heterocycles. The molecule has 9 heteroatoms. The van der Waals surface area contributed by atoms with E-state index in [1.54, 1.807) is 28.8 Å². The highest BCUT2D eigenvalue weighted by atomic mass is 19.1. The van der Waals surface area contributed by atoms with E-state index >= 15 is 0 Å². The number of methoxy groups -OCH3 is 1. The molecule has 166 valence electrons. The minimum Gasteiger partial charge on any atom is -0.384 e. The normalized spacial score (nSPS) is 18.8. The van der Waals surface area contributed by atoms with Crippen molar-refractivity contribution in [3.8, 4) is 0 Å². The predicted molar refractivity (Wildman–Crippen MR) is 113 cm³/mol. The zero-order chi connectivity index (χ0) is 22.0. The molecule has 1 aromatic heterocycles. The number of hydrogen-bond acceptors (Lipinski definition) is 5. The molecule has 0 bridgehead atoms. The van der Waals surface area contributed by atoms with E-state index in [1.807, 2.05) is 18.1 Å². The molecule has 0 aliphatic carbocycles. The van der Waals surface area contributed by atoms with Gasteiger partial charge in [-0.15, -0.1) is 0 Å². The van der Waals surface area contributed by atoms with Gasteiger partial charge in [-0.3, -0.25) is 14.3 Å². The van der Waals surface area contributed by atoms with Crippen LogP contribution in [0.2, 0.25) is 0 Å². The molecule has 8 nitrogen and oxygen atoms in total. The van der Waals surface area contributed by atoms with Gasteiger partial charge in [0.15, 0.2) is 0 Å². The molecule has 0 saturated carbocycles. The Morgan fingerprint density at radius 3 is 2.52 bits per heavy atom. The monoisotopic (exact) mass is 429 g/mol.